The van der Waals surface area contributed by atoms with E-state index in [0.717, 1.165) is 44.1 Å². The summed E-state index contributed by atoms with van der Waals surface area (Å²) < 4.78 is 21.2. The molecule has 3 nitrogen and oxygen atoms in total. The highest BCUT2D eigenvalue weighted by Crippen LogP contribution is 2.47. The van der Waals surface area contributed by atoms with Crippen LogP contribution in [0, 0.1) is 27.7 Å². The number of benzene rings is 5. The fourth-order valence-electron chi connectivity index (χ4n) is 6.28. The Kier molecular flexibility index (Phi) is 8.94. The monoisotopic (exact) mass is 660 g/mol. The molecule has 0 amide bonds. The summed E-state index contributed by atoms with van der Waals surface area (Å²) in [5.41, 5.74) is 8.63. The van der Waals surface area contributed by atoms with Gasteiger partial charge in [0.2, 0.25) is 0 Å². The number of fused-ring (bicyclic) bond motifs is 3. The Hall–Kier alpha value is -3.77. The molecule has 5 aromatic carbocycles. The van der Waals surface area contributed by atoms with Gasteiger partial charge in [0, 0.05) is 27.2 Å². The predicted molar refractivity (Wildman–Crippen MR) is 204 cm³/mol. The van der Waals surface area contributed by atoms with Crippen molar-refractivity contribution in [1.29, 1.82) is 0 Å². The summed E-state index contributed by atoms with van der Waals surface area (Å²) in [5.74, 6) is 0.782. The van der Waals surface area contributed by atoms with Gasteiger partial charge in [0.05, 0.1) is 0 Å². The third kappa shape index (κ3) is 6.41. The summed E-state index contributed by atoms with van der Waals surface area (Å²) in [5, 5.41) is 5.89. The first kappa shape index (κ1) is 33.1. The number of rotatable bonds is 5. The van der Waals surface area contributed by atoms with E-state index in [1.807, 2.05) is 6.07 Å². The zero-order valence-electron chi connectivity index (χ0n) is 29.4. The van der Waals surface area contributed by atoms with Gasteiger partial charge in [0.1, 0.15) is 16.9 Å². The van der Waals surface area contributed by atoms with Crippen LogP contribution in [0.3, 0.4) is 0 Å². The average molecular weight is 661 g/mol. The van der Waals surface area contributed by atoms with E-state index in [4.69, 9.17) is 12.9 Å². The van der Waals surface area contributed by atoms with E-state index >= 15 is 0 Å². The molecule has 0 radical (unpaired) electrons. The van der Waals surface area contributed by atoms with Crippen LogP contribution in [-0.2, 0) is 10.8 Å². The topological polar surface area (TPSA) is 35.5 Å². The van der Waals surface area contributed by atoms with E-state index in [0.29, 0.717) is 0 Å². The highest BCUT2D eigenvalue weighted by molar-refractivity contribution is 7.80. The second-order valence-corrected chi connectivity index (χ2v) is 17.8. The van der Waals surface area contributed by atoms with Gasteiger partial charge >= 0.3 is 8.24 Å². The van der Waals surface area contributed by atoms with Crippen molar-refractivity contribution in [2.24, 2.45) is 0 Å². The zero-order chi connectivity index (χ0) is 33.7. The van der Waals surface area contributed by atoms with Gasteiger partial charge in [-0.25, -0.2) is 0 Å². The number of hydrogen-bond donors (Lipinski definition) is 0. The van der Waals surface area contributed by atoms with E-state index in [1.165, 1.54) is 32.9 Å². The minimum atomic E-state index is -1.89. The lowest BCUT2D eigenvalue weighted by molar-refractivity contribution is 0.491. The molecule has 5 heteroatoms. The van der Waals surface area contributed by atoms with Gasteiger partial charge in [-0.05, 0) is 85.4 Å². The molecular formula is C42H46O3P2. The lowest BCUT2D eigenvalue weighted by atomic mass is 9.81. The Morgan fingerprint density at radius 1 is 0.553 bits per heavy atom. The van der Waals surface area contributed by atoms with E-state index < -0.39 is 16.2 Å². The van der Waals surface area contributed by atoms with Crippen molar-refractivity contribution in [3.05, 3.63) is 130 Å². The Balaban J connectivity index is 1.71. The quantitative estimate of drug-likeness (QED) is 0.173. The van der Waals surface area contributed by atoms with Gasteiger partial charge in [-0.3, -0.25) is 0 Å². The fourth-order valence-corrected chi connectivity index (χ4v) is 9.83. The lowest BCUT2D eigenvalue weighted by Crippen LogP contribution is -2.21. The number of hydrogen-bond acceptors (Lipinski definition) is 3. The van der Waals surface area contributed by atoms with Crippen LogP contribution in [0.25, 0.3) is 21.9 Å². The summed E-state index contributed by atoms with van der Waals surface area (Å²) in [6.07, 6.45) is 0. The second-order valence-electron chi connectivity index (χ2n) is 14.6. The van der Waals surface area contributed by atoms with Crippen molar-refractivity contribution in [1.82, 2.24) is 0 Å². The van der Waals surface area contributed by atoms with Crippen LogP contribution in [0.2, 0.25) is 0 Å². The fraction of sp³-hybridized carbons (Fsp3) is 0.286. The van der Waals surface area contributed by atoms with Gasteiger partial charge in [-0.2, -0.15) is 0 Å². The van der Waals surface area contributed by atoms with E-state index in [2.05, 4.69) is 160 Å². The zero-order valence-corrected chi connectivity index (χ0v) is 31.1. The van der Waals surface area contributed by atoms with Crippen LogP contribution in [0.5, 0.6) is 5.75 Å². The van der Waals surface area contributed by atoms with Crippen LogP contribution >= 0.6 is 16.2 Å². The SMILES string of the molecule is Cc1cc(C(C)(C)C)c2op(Oc3ccccc3P(c3ccccc3)c3ccccc3)oc3c(C(C)(C)C)cc(C)c(C)c3c2c1C. The number of aryl methyl sites for hydroxylation is 4. The van der Waals surface area contributed by atoms with Crippen LogP contribution in [-0.4, -0.2) is 0 Å². The largest absolute Gasteiger partial charge is 0.453 e. The minimum absolute atomic E-state index is 0.161. The van der Waals surface area contributed by atoms with E-state index in [1.54, 1.807) is 0 Å². The standard InChI is InChI=1S/C42H46O3P2/c1-27-25-33(41(5,6)7)39-37(29(27)3)38-30(4)28(2)26-34(42(8,9)10)40(38)45-47(44-39)43-35-23-17-18-24-36(35)46(31-19-13-11-14-20-31)32-21-15-12-16-22-32/h11-26H,1-10H3. The average Bonchev–Trinajstić information content (AvgIpc) is 3.19. The first-order valence-corrected chi connectivity index (χ1v) is 18.8. The van der Waals surface area contributed by atoms with Gasteiger partial charge < -0.3 is 12.9 Å². The molecule has 6 rings (SSSR count). The molecule has 47 heavy (non-hydrogen) atoms. The van der Waals surface area contributed by atoms with Crippen LogP contribution in [0.1, 0.15) is 74.9 Å². The Morgan fingerprint density at radius 2 is 0.957 bits per heavy atom. The molecular weight excluding hydrogens is 614 g/mol. The normalized spacial score (nSPS) is 12.2. The lowest BCUT2D eigenvalue weighted by Gasteiger charge is -2.23. The molecule has 0 spiro atoms. The van der Waals surface area contributed by atoms with Crippen molar-refractivity contribution in [2.75, 3.05) is 0 Å². The molecule has 6 aromatic rings. The summed E-state index contributed by atoms with van der Waals surface area (Å²) >= 11 is 0. The molecule has 0 saturated heterocycles. The highest BCUT2D eigenvalue weighted by Gasteiger charge is 2.28. The highest BCUT2D eigenvalue weighted by atomic mass is 31.1. The molecule has 0 bridgehead atoms. The summed E-state index contributed by atoms with van der Waals surface area (Å²) in [6, 6.07) is 34.4. The molecule has 0 aliphatic carbocycles. The molecule has 1 heterocycles. The molecule has 0 saturated carbocycles. The Bertz CT molecular complexity index is 1990. The summed E-state index contributed by atoms with van der Waals surface area (Å²) in [7, 11) is -2.79. The molecule has 0 aliphatic rings. The molecule has 0 atom stereocenters. The summed E-state index contributed by atoms with van der Waals surface area (Å²) in [4.78, 5) is 0. The first-order chi connectivity index (χ1) is 22.3. The van der Waals surface area contributed by atoms with Crippen molar-refractivity contribution in [3.8, 4) is 5.75 Å². The molecule has 1 aromatic heterocycles. The summed E-state index contributed by atoms with van der Waals surface area (Å²) in [6.45, 7) is 22.3. The third-order valence-corrected chi connectivity index (χ3v) is 12.6. The smallest absolute Gasteiger partial charge is 0.390 e. The predicted octanol–water partition coefficient (Wildman–Crippen LogP) is 11.7. The van der Waals surface area contributed by atoms with Crippen molar-refractivity contribution >= 4 is 54.0 Å². The Labute approximate surface area is 282 Å². The van der Waals surface area contributed by atoms with Crippen molar-refractivity contribution in [3.63, 3.8) is 0 Å². The molecule has 0 N–H and O–H groups in total. The minimum Gasteiger partial charge on any atom is -0.390 e. The molecule has 0 unspecified atom stereocenters. The van der Waals surface area contributed by atoms with E-state index in [-0.39, 0.29) is 10.8 Å². The van der Waals surface area contributed by atoms with Gasteiger partial charge in [-0.1, -0.05) is 133 Å². The maximum absolute atomic E-state index is 7.07. The molecule has 0 aliphatic heterocycles. The van der Waals surface area contributed by atoms with Crippen LogP contribution in [0.4, 0.5) is 0 Å². The molecule has 0 fully saturated rings. The third-order valence-electron chi connectivity index (χ3n) is 9.10. The van der Waals surface area contributed by atoms with Crippen LogP contribution < -0.4 is 20.4 Å². The van der Waals surface area contributed by atoms with Crippen molar-refractivity contribution < 1.29 is 12.9 Å². The van der Waals surface area contributed by atoms with Crippen LogP contribution in [0.15, 0.2) is 105 Å². The molecule has 242 valence electrons. The van der Waals surface area contributed by atoms with Gasteiger partial charge in [0.25, 0.3) is 0 Å². The number of para-hydroxylation sites is 1. The van der Waals surface area contributed by atoms with Gasteiger partial charge in [-0.15, -0.1) is 0 Å². The van der Waals surface area contributed by atoms with E-state index in [9.17, 15) is 0 Å². The maximum atomic E-state index is 7.07. The van der Waals surface area contributed by atoms with Gasteiger partial charge in [0.15, 0.2) is 0 Å². The maximum Gasteiger partial charge on any atom is 0.453 e. The Morgan fingerprint density at radius 3 is 1.38 bits per heavy atom. The van der Waals surface area contributed by atoms with Crippen molar-refractivity contribution in [2.45, 2.75) is 80.1 Å². The second kappa shape index (κ2) is 12.7. The first-order valence-electron chi connectivity index (χ1n) is 16.4.